The van der Waals surface area contributed by atoms with E-state index in [0.717, 1.165) is 17.1 Å². The number of rotatable bonds is 5. The molecule has 0 saturated carbocycles. The van der Waals surface area contributed by atoms with Crippen LogP contribution in [0.5, 0.6) is 0 Å². The molecular weight excluding hydrogens is 220 g/mol. The molecule has 0 fully saturated rings. The Morgan fingerprint density at radius 3 is 2.50 bits per heavy atom. The molecule has 1 rings (SSSR count). The Morgan fingerprint density at radius 1 is 1.38 bits per heavy atom. The van der Waals surface area contributed by atoms with Gasteiger partial charge >= 0.3 is 0 Å². The zero-order valence-corrected chi connectivity index (χ0v) is 11.0. The highest BCUT2D eigenvalue weighted by atomic mass is 35.5. The van der Waals surface area contributed by atoms with E-state index in [2.05, 4.69) is 26.1 Å². The predicted octanol–water partition coefficient (Wildman–Crippen LogP) is 2.80. The van der Waals surface area contributed by atoms with Gasteiger partial charge in [-0.2, -0.15) is 0 Å². The lowest BCUT2D eigenvalue weighted by Gasteiger charge is -2.34. The van der Waals surface area contributed by atoms with Gasteiger partial charge in [-0.1, -0.05) is 43.6 Å². The van der Waals surface area contributed by atoms with E-state index in [9.17, 15) is 0 Å². The standard InChI is InChI=1S/C13H21ClN2/c1-10(2)13(3,9-15)16-8-11-6-4-5-7-12(11)14/h4-7,10,16H,8-9,15H2,1-3H3. The molecule has 90 valence electrons. The van der Waals surface area contributed by atoms with E-state index in [1.54, 1.807) is 0 Å². The quantitative estimate of drug-likeness (QED) is 0.831. The molecule has 0 aromatic heterocycles. The number of benzene rings is 1. The third-order valence-corrected chi connectivity index (χ3v) is 3.71. The summed E-state index contributed by atoms with van der Waals surface area (Å²) >= 11 is 6.10. The van der Waals surface area contributed by atoms with Crippen molar-refractivity contribution in [2.24, 2.45) is 11.7 Å². The maximum absolute atomic E-state index is 6.10. The minimum absolute atomic E-state index is 0.0425. The van der Waals surface area contributed by atoms with Gasteiger partial charge in [-0.15, -0.1) is 0 Å². The predicted molar refractivity (Wildman–Crippen MR) is 70.6 cm³/mol. The van der Waals surface area contributed by atoms with E-state index in [-0.39, 0.29) is 5.54 Å². The Balaban J connectivity index is 2.67. The van der Waals surface area contributed by atoms with E-state index in [0.29, 0.717) is 12.5 Å². The molecule has 0 amide bonds. The van der Waals surface area contributed by atoms with Gasteiger partial charge < -0.3 is 11.1 Å². The fraction of sp³-hybridized carbons (Fsp3) is 0.538. The zero-order chi connectivity index (χ0) is 12.2. The summed E-state index contributed by atoms with van der Waals surface area (Å²) in [5.41, 5.74) is 6.89. The molecule has 1 atom stereocenters. The van der Waals surface area contributed by atoms with Gasteiger partial charge in [0.1, 0.15) is 0 Å². The van der Waals surface area contributed by atoms with Gasteiger partial charge in [0.2, 0.25) is 0 Å². The fourth-order valence-electron chi connectivity index (χ4n) is 1.45. The summed E-state index contributed by atoms with van der Waals surface area (Å²) in [7, 11) is 0. The van der Waals surface area contributed by atoms with Crippen LogP contribution >= 0.6 is 11.6 Å². The average molecular weight is 241 g/mol. The van der Waals surface area contributed by atoms with Crippen LogP contribution in [-0.2, 0) is 6.54 Å². The third-order valence-electron chi connectivity index (χ3n) is 3.34. The van der Waals surface area contributed by atoms with Gasteiger partial charge in [-0.05, 0) is 24.5 Å². The highest BCUT2D eigenvalue weighted by Crippen LogP contribution is 2.19. The number of nitrogens with two attached hydrogens (primary N) is 1. The van der Waals surface area contributed by atoms with Gasteiger partial charge in [0.25, 0.3) is 0 Å². The van der Waals surface area contributed by atoms with Gasteiger partial charge in [0.05, 0.1) is 0 Å². The van der Waals surface area contributed by atoms with Crippen molar-refractivity contribution in [3.63, 3.8) is 0 Å². The Hall–Kier alpha value is -0.570. The first-order chi connectivity index (χ1) is 7.49. The lowest BCUT2D eigenvalue weighted by molar-refractivity contribution is 0.267. The van der Waals surface area contributed by atoms with E-state index >= 15 is 0 Å². The number of halogens is 1. The summed E-state index contributed by atoms with van der Waals surface area (Å²) in [6.45, 7) is 7.87. The van der Waals surface area contributed by atoms with Gasteiger partial charge in [-0.3, -0.25) is 0 Å². The number of nitrogens with one attached hydrogen (secondary N) is 1. The molecule has 0 heterocycles. The van der Waals surface area contributed by atoms with Crippen molar-refractivity contribution in [3.8, 4) is 0 Å². The molecule has 1 aromatic rings. The molecule has 16 heavy (non-hydrogen) atoms. The van der Waals surface area contributed by atoms with Gasteiger partial charge in [-0.25, -0.2) is 0 Å². The minimum atomic E-state index is -0.0425. The van der Waals surface area contributed by atoms with E-state index < -0.39 is 0 Å². The highest BCUT2D eigenvalue weighted by Gasteiger charge is 2.25. The summed E-state index contributed by atoms with van der Waals surface area (Å²) in [5.74, 6) is 0.486. The SMILES string of the molecule is CC(C)C(C)(CN)NCc1ccccc1Cl. The van der Waals surface area contributed by atoms with Crippen LogP contribution in [0, 0.1) is 5.92 Å². The lowest BCUT2D eigenvalue weighted by atomic mass is 9.88. The van der Waals surface area contributed by atoms with Gasteiger partial charge in [0, 0.05) is 23.7 Å². The maximum Gasteiger partial charge on any atom is 0.0450 e. The second-order valence-electron chi connectivity index (χ2n) is 4.72. The second kappa shape index (κ2) is 5.67. The summed E-state index contributed by atoms with van der Waals surface area (Å²) in [4.78, 5) is 0. The molecule has 0 aliphatic rings. The molecule has 3 heteroatoms. The third kappa shape index (κ3) is 3.21. The molecule has 0 aliphatic carbocycles. The normalized spacial score (nSPS) is 15.1. The van der Waals surface area contributed by atoms with Crippen molar-refractivity contribution in [1.82, 2.24) is 5.32 Å². The van der Waals surface area contributed by atoms with Crippen molar-refractivity contribution >= 4 is 11.6 Å². The number of hydrogen-bond donors (Lipinski definition) is 2. The van der Waals surface area contributed by atoms with Crippen LogP contribution in [0.15, 0.2) is 24.3 Å². The fourth-order valence-corrected chi connectivity index (χ4v) is 1.65. The van der Waals surface area contributed by atoms with Crippen molar-refractivity contribution in [3.05, 3.63) is 34.9 Å². The molecule has 0 saturated heterocycles. The lowest BCUT2D eigenvalue weighted by Crippen LogP contribution is -2.52. The summed E-state index contributed by atoms with van der Waals surface area (Å²) in [6, 6.07) is 7.88. The minimum Gasteiger partial charge on any atom is -0.329 e. The van der Waals surface area contributed by atoms with Crippen molar-refractivity contribution in [1.29, 1.82) is 0 Å². The highest BCUT2D eigenvalue weighted by molar-refractivity contribution is 6.31. The molecule has 0 bridgehead atoms. The molecule has 0 aliphatic heterocycles. The van der Waals surface area contributed by atoms with Crippen LogP contribution in [0.4, 0.5) is 0 Å². The van der Waals surface area contributed by atoms with Crippen LogP contribution < -0.4 is 11.1 Å². The molecule has 3 N–H and O–H groups in total. The Kier molecular flexibility index (Phi) is 4.78. The molecule has 2 nitrogen and oxygen atoms in total. The Morgan fingerprint density at radius 2 is 2.00 bits per heavy atom. The van der Waals surface area contributed by atoms with Crippen LogP contribution in [0.2, 0.25) is 5.02 Å². The summed E-state index contributed by atoms with van der Waals surface area (Å²) in [5, 5.41) is 4.30. The smallest absolute Gasteiger partial charge is 0.0450 e. The Labute approximate surface area is 103 Å². The zero-order valence-electron chi connectivity index (χ0n) is 10.3. The maximum atomic E-state index is 6.10. The summed E-state index contributed by atoms with van der Waals surface area (Å²) < 4.78 is 0. The monoisotopic (exact) mass is 240 g/mol. The Bertz CT molecular complexity index is 338. The molecule has 1 aromatic carbocycles. The average Bonchev–Trinajstić information content (AvgIpc) is 2.27. The molecule has 1 unspecified atom stereocenters. The van der Waals surface area contributed by atoms with Crippen molar-refractivity contribution in [2.75, 3.05) is 6.54 Å². The first kappa shape index (κ1) is 13.5. The van der Waals surface area contributed by atoms with Crippen molar-refractivity contribution in [2.45, 2.75) is 32.9 Å². The van der Waals surface area contributed by atoms with Crippen molar-refractivity contribution < 1.29 is 0 Å². The summed E-state index contributed by atoms with van der Waals surface area (Å²) in [6.07, 6.45) is 0. The topological polar surface area (TPSA) is 38.0 Å². The first-order valence-corrected chi connectivity index (χ1v) is 6.06. The second-order valence-corrected chi connectivity index (χ2v) is 5.13. The molecule has 0 radical (unpaired) electrons. The number of hydrogen-bond acceptors (Lipinski definition) is 2. The van der Waals surface area contributed by atoms with Crippen LogP contribution in [0.25, 0.3) is 0 Å². The van der Waals surface area contributed by atoms with Crippen LogP contribution in [0.1, 0.15) is 26.3 Å². The first-order valence-electron chi connectivity index (χ1n) is 5.68. The van der Waals surface area contributed by atoms with Gasteiger partial charge in [0.15, 0.2) is 0 Å². The van der Waals surface area contributed by atoms with E-state index in [1.807, 2.05) is 24.3 Å². The molecular formula is C13H21ClN2. The van der Waals surface area contributed by atoms with Crippen LogP contribution in [-0.4, -0.2) is 12.1 Å². The van der Waals surface area contributed by atoms with Crippen LogP contribution in [0.3, 0.4) is 0 Å². The molecule has 0 spiro atoms. The van der Waals surface area contributed by atoms with E-state index in [1.165, 1.54) is 0 Å². The largest absolute Gasteiger partial charge is 0.329 e. The van der Waals surface area contributed by atoms with E-state index in [4.69, 9.17) is 17.3 Å².